The molecule has 0 unspecified atom stereocenters. The minimum atomic E-state index is -0.616. The summed E-state index contributed by atoms with van der Waals surface area (Å²) >= 11 is 2.03. The lowest BCUT2D eigenvalue weighted by atomic mass is 10.2. The van der Waals surface area contributed by atoms with Crippen LogP contribution in [-0.2, 0) is 4.74 Å². The fraction of sp³-hybridized carbons (Fsp3) is 0.222. The summed E-state index contributed by atoms with van der Waals surface area (Å²) in [5.41, 5.74) is -0.0196. The van der Waals surface area contributed by atoms with Crippen LogP contribution in [-0.4, -0.2) is 21.5 Å². The third kappa shape index (κ3) is 3.92. The second kappa shape index (κ2) is 6.62. The van der Waals surface area contributed by atoms with Gasteiger partial charge in [0.25, 0.3) is 0 Å². The molecule has 0 saturated heterocycles. The van der Waals surface area contributed by atoms with Crippen LogP contribution in [0, 0.1) is 9.52 Å². The van der Waals surface area contributed by atoms with Gasteiger partial charge in [-0.05, 0) is 73.7 Å². The number of ether oxygens (including phenoxy) is 2. The number of halogens is 2. The molecule has 0 bridgehead atoms. The number of fused-ring (bicyclic) bond motifs is 1. The Labute approximate surface area is 157 Å². The number of aromatic nitrogens is 2. The van der Waals surface area contributed by atoms with Gasteiger partial charge in [-0.2, -0.15) is 9.78 Å². The molecule has 0 aliphatic rings. The number of carbonyl (C=O) groups excluding carboxylic acids is 1. The van der Waals surface area contributed by atoms with E-state index in [1.165, 1.54) is 10.7 Å². The predicted octanol–water partition coefficient (Wildman–Crippen LogP) is 5.36. The van der Waals surface area contributed by atoms with E-state index >= 15 is 0 Å². The van der Waals surface area contributed by atoms with Gasteiger partial charge in [0.1, 0.15) is 15.1 Å². The largest absolute Gasteiger partial charge is 0.454 e. The van der Waals surface area contributed by atoms with Crippen LogP contribution >= 0.6 is 22.6 Å². The van der Waals surface area contributed by atoms with Crippen LogP contribution in [0.1, 0.15) is 20.8 Å². The number of para-hydroxylation sites is 1. The Bertz CT molecular complexity index is 947. The van der Waals surface area contributed by atoms with Gasteiger partial charge in [0, 0.05) is 5.39 Å². The van der Waals surface area contributed by atoms with Crippen molar-refractivity contribution in [2.75, 3.05) is 0 Å². The Hall–Kier alpha value is -2.16. The van der Waals surface area contributed by atoms with Gasteiger partial charge < -0.3 is 9.47 Å². The molecule has 1 aromatic heterocycles. The highest BCUT2D eigenvalue weighted by atomic mass is 127. The minimum absolute atomic E-state index is 0.136. The summed E-state index contributed by atoms with van der Waals surface area (Å²) in [6.07, 6.45) is -0.553. The van der Waals surface area contributed by atoms with E-state index in [-0.39, 0.29) is 5.75 Å². The summed E-state index contributed by atoms with van der Waals surface area (Å²) in [6.45, 7) is 5.38. The minimum Gasteiger partial charge on any atom is -0.454 e. The lowest BCUT2D eigenvalue weighted by Gasteiger charge is -2.19. The molecule has 0 fully saturated rings. The highest BCUT2D eigenvalue weighted by molar-refractivity contribution is 14.1. The van der Waals surface area contributed by atoms with E-state index in [9.17, 15) is 9.18 Å². The highest BCUT2D eigenvalue weighted by Crippen LogP contribution is 2.29. The molecule has 130 valence electrons. The summed E-state index contributed by atoms with van der Waals surface area (Å²) in [7, 11) is 0. The third-order valence-electron chi connectivity index (χ3n) is 3.24. The maximum atomic E-state index is 13.7. The average Bonchev–Trinajstić information content (AvgIpc) is 2.85. The van der Waals surface area contributed by atoms with Crippen LogP contribution < -0.4 is 4.74 Å². The summed E-state index contributed by atoms with van der Waals surface area (Å²) in [5, 5.41) is 4.96. The monoisotopic (exact) mass is 454 g/mol. The van der Waals surface area contributed by atoms with Crippen molar-refractivity contribution in [3.05, 3.63) is 52.0 Å². The van der Waals surface area contributed by atoms with E-state index in [1.54, 1.807) is 57.2 Å². The molecule has 0 atom stereocenters. The molecular formula is C18H16FIN2O3. The summed E-state index contributed by atoms with van der Waals surface area (Å²) in [5.74, 6) is 0.150. The summed E-state index contributed by atoms with van der Waals surface area (Å²) < 4.78 is 26.5. The number of carbonyl (C=O) groups is 1. The van der Waals surface area contributed by atoms with Crippen LogP contribution in [0.15, 0.2) is 42.5 Å². The second-order valence-corrected chi connectivity index (χ2v) is 7.42. The maximum absolute atomic E-state index is 13.7. The quantitative estimate of drug-likeness (QED) is 0.490. The van der Waals surface area contributed by atoms with Gasteiger partial charge in [-0.25, -0.2) is 9.18 Å². The van der Waals surface area contributed by atoms with Crippen LogP contribution in [0.25, 0.3) is 10.9 Å². The van der Waals surface area contributed by atoms with Crippen molar-refractivity contribution in [1.29, 1.82) is 0 Å². The normalized spacial score (nSPS) is 11.6. The molecule has 1 heterocycles. The molecule has 7 heteroatoms. The fourth-order valence-corrected chi connectivity index (χ4v) is 2.87. The molecule has 0 amide bonds. The zero-order chi connectivity index (χ0) is 18.2. The first-order valence-corrected chi connectivity index (χ1v) is 8.66. The highest BCUT2D eigenvalue weighted by Gasteiger charge is 2.22. The van der Waals surface area contributed by atoms with Gasteiger partial charge in [0.05, 0.1) is 5.52 Å². The average molecular weight is 454 g/mol. The Kier molecular flexibility index (Phi) is 4.68. The van der Waals surface area contributed by atoms with Crippen molar-refractivity contribution in [3.63, 3.8) is 0 Å². The van der Waals surface area contributed by atoms with E-state index in [0.717, 1.165) is 5.39 Å². The fourth-order valence-electron chi connectivity index (χ4n) is 2.22. The molecule has 0 N–H and O–H groups in total. The van der Waals surface area contributed by atoms with Gasteiger partial charge in [0.2, 0.25) is 0 Å². The van der Waals surface area contributed by atoms with E-state index in [1.807, 2.05) is 22.6 Å². The summed E-state index contributed by atoms with van der Waals surface area (Å²) in [4.78, 5) is 12.3. The molecule has 5 nitrogen and oxygen atoms in total. The van der Waals surface area contributed by atoms with Gasteiger partial charge >= 0.3 is 6.09 Å². The Morgan fingerprint density at radius 3 is 2.60 bits per heavy atom. The molecule has 25 heavy (non-hydrogen) atoms. The Balaban J connectivity index is 1.96. The standard InChI is InChI=1S/C18H16FIN2O3/c1-18(2,3)25-17(23)22-14-9-8-11(10-12(14)16(20)21-22)24-15-7-5-4-6-13(15)19/h4-10H,1-3H3. The zero-order valence-corrected chi connectivity index (χ0v) is 16.1. The lowest BCUT2D eigenvalue weighted by molar-refractivity contribution is 0.0522. The van der Waals surface area contributed by atoms with Crippen molar-refractivity contribution in [2.24, 2.45) is 0 Å². The first-order chi connectivity index (χ1) is 11.7. The van der Waals surface area contributed by atoms with Crippen LogP contribution in [0.5, 0.6) is 11.5 Å². The van der Waals surface area contributed by atoms with Crippen molar-refractivity contribution >= 4 is 39.6 Å². The van der Waals surface area contributed by atoms with Crippen molar-refractivity contribution in [2.45, 2.75) is 26.4 Å². The van der Waals surface area contributed by atoms with Gasteiger partial charge in [-0.3, -0.25) is 0 Å². The molecule has 0 radical (unpaired) electrons. The molecule has 0 aliphatic carbocycles. The van der Waals surface area contributed by atoms with E-state index < -0.39 is 17.5 Å². The number of hydrogen-bond acceptors (Lipinski definition) is 4. The van der Waals surface area contributed by atoms with Gasteiger partial charge in [0.15, 0.2) is 11.6 Å². The molecule has 0 spiro atoms. The number of benzene rings is 2. The van der Waals surface area contributed by atoms with Gasteiger partial charge in [-0.15, -0.1) is 0 Å². The molecular weight excluding hydrogens is 438 g/mol. The zero-order valence-electron chi connectivity index (χ0n) is 13.9. The maximum Gasteiger partial charge on any atom is 0.435 e. The number of hydrogen-bond donors (Lipinski definition) is 0. The van der Waals surface area contributed by atoms with Crippen molar-refractivity contribution in [3.8, 4) is 11.5 Å². The molecule has 0 saturated carbocycles. The molecule has 2 aromatic carbocycles. The van der Waals surface area contributed by atoms with Crippen molar-refractivity contribution < 1.29 is 18.7 Å². The van der Waals surface area contributed by atoms with Gasteiger partial charge in [-0.1, -0.05) is 12.1 Å². The SMILES string of the molecule is CC(C)(C)OC(=O)n1nc(I)c2cc(Oc3ccccc3F)ccc21. The number of nitrogens with zero attached hydrogens (tertiary/aromatic N) is 2. The number of rotatable bonds is 2. The first-order valence-electron chi connectivity index (χ1n) is 7.58. The Morgan fingerprint density at radius 2 is 1.92 bits per heavy atom. The van der Waals surface area contributed by atoms with Crippen LogP contribution in [0.3, 0.4) is 0 Å². The van der Waals surface area contributed by atoms with E-state index in [0.29, 0.717) is 15.0 Å². The van der Waals surface area contributed by atoms with Crippen molar-refractivity contribution in [1.82, 2.24) is 9.78 Å². The van der Waals surface area contributed by atoms with Crippen LogP contribution in [0.4, 0.5) is 9.18 Å². The van der Waals surface area contributed by atoms with Crippen LogP contribution in [0.2, 0.25) is 0 Å². The smallest absolute Gasteiger partial charge is 0.435 e. The lowest BCUT2D eigenvalue weighted by Crippen LogP contribution is -2.27. The third-order valence-corrected chi connectivity index (χ3v) is 4.03. The Morgan fingerprint density at radius 1 is 1.20 bits per heavy atom. The van der Waals surface area contributed by atoms with E-state index in [4.69, 9.17) is 9.47 Å². The molecule has 0 aliphatic heterocycles. The molecule has 3 rings (SSSR count). The predicted molar refractivity (Wildman–Crippen MR) is 101 cm³/mol. The summed E-state index contributed by atoms with van der Waals surface area (Å²) in [6, 6.07) is 11.3. The molecule has 3 aromatic rings. The first kappa shape index (κ1) is 17.7. The topological polar surface area (TPSA) is 53.4 Å². The second-order valence-electron chi connectivity index (χ2n) is 6.39. The van der Waals surface area contributed by atoms with E-state index in [2.05, 4.69) is 5.10 Å².